The Bertz CT molecular complexity index is 409. The Morgan fingerprint density at radius 1 is 1.37 bits per heavy atom. The van der Waals surface area contributed by atoms with Gasteiger partial charge in [0.2, 0.25) is 5.91 Å². The van der Waals surface area contributed by atoms with Crippen molar-refractivity contribution in [2.45, 2.75) is 45.7 Å². The summed E-state index contributed by atoms with van der Waals surface area (Å²) in [5.41, 5.74) is 0.841. The van der Waals surface area contributed by atoms with E-state index in [1.807, 2.05) is 19.9 Å². The van der Waals surface area contributed by atoms with Crippen LogP contribution in [-0.4, -0.2) is 18.5 Å². The minimum Gasteiger partial charge on any atom is -0.355 e. The highest BCUT2D eigenvalue weighted by Gasteiger charge is 2.15. The monoisotopic (exact) mass is 266 g/mol. The molecular weight excluding hydrogens is 243 g/mol. The molecule has 2 unspecified atom stereocenters. The number of amides is 1. The molecule has 0 aliphatic heterocycles. The predicted octanol–water partition coefficient (Wildman–Crippen LogP) is 2.78. The van der Waals surface area contributed by atoms with Gasteiger partial charge in [0.25, 0.3) is 0 Å². The zero-order valence-electron chi connectivity index (χ0n) is 11.9. The van der Waals surface area contributed by atoms with Crippen LogP contribution >= 0.6 is 0 Å². The second-order valence-corrected chi connectivity index (χ2v) is 4.81. The summed E-state index contributed by atoms with van der Waals surface area (Å²) in [6, 6.07) is 6.06. The van der Waals surface area contributed by atoms with Crippen molar-refractivity contribution in [2.75, 3.05) is 6.54 Å². The highest BCUT2D eigenvalue weighted by atomic mass is 19.1. The van der Waals surface area contributed by atoms with E-state index in [9.17, 15) is 9.18 Å². The molecule has 2 atom stereocenters. The van der Waals surface area contributed by atoms with Crippen molar-refractivity contribution in [1.82, 2.24) is 10.6 Å². The molecule has 2 N–H and O–H groups in total. The SMILES string of the molecule is CCCCNC(=O)C(C)NC(C)c1cccc(F)c1. The van der Waals surface area contributed by atoms with Crippen molar-refractivity contribution in [3.8, 4) is 0 Å². The first-order valence-corrected chi connectivity index (χ1v) is 6.83. The topological polar surface area (TPSA) is 41.1 Å². The average molecular weight is 266 g/mol. The molecule has 106 valence electrons. The number of unbranched alkanes of at least 4 members (excludes halogenated alkanes) is 1. The highest BCUT2D eigenvalue weighted by Crippen LogP contribution is 2.14. The third-order valence-electron chi connectivity index (χ3n) is 3.07. The van der Waals surface area contributed by atoms with Crippen molar-refractivity contribution < 1.29 is 9.18 Å². The lowest BCUT2D eigenvalue weighted by atomic mass is 10.1. The molecule has 0 fully saturated rings. The number of hydrogen-bond donors (Lipinski definition) is 2. The largest absolute Gasteiger partial charge is 0.355 e. The summed E-state index contributed by atoms with van der Waals surface area (Å²) in [6.45, 7) is 6.53. The van der Waals surface area contributed by atoms with Gasteiger partial charge in [0.05, 0.1) is 6.04 Å². The molecule has 1 aromatic rings. The number of rotatable bonds is 7. The molecule has 0 spiro atoms. The molecule has 0 aromatic heterocycles. The molecule has 4 heteroatoms. The lowest BCUT2D eigenvalue weighted by Gasteiger charge is -2.20. The summed E-state index contributed by atoms with van der Waals surface area (Å²) in [6.07, 6.45) is 2.04. The Labute approximate surface area is 114 Å². The Kier molecular flexibility index (Phi) is 6.50. The molecule has 0 saturated carbocycles. The average Bonchev–Trinajstić information content (AvgIpc) is 2.38. The normalized spacial score (nSPS) is 13.9. The molecule has 0 aliphatic carbocycles. The van der Waals surface area contributed by atoms with Gasteiger partial charge in [-0.3, -0.25) is 10.1 Å². The fraction of sp³-hybridized carbons (Fsp3) is 0.533. The van der Waals surface area contributed by atoms with E-state index in [2.05, 4.69) is 17.6 Å². The number of carbonyl (C=O) groups excluding carboxylic acids is 1. The zero-order valence-corrected chi connectivity index (χ0v) is 11.9. The molecule has 3 nitrogen and oxygen atoms in total. The van der Waals surface area contributed by atoms with Crippen LogP contribution in [0.3, 0.4) is 0 Å². The Morgan fingerprint density at radius 3 is 2.74 bits per heavy atom. The molecule has 1 rings (SSSR count). The zero-order chi connectivity index (χ0) is 14.3. The van der Waals surface area contributed by atoms with Crippen LogP contribution in [0.2, 0.25) is 0 Å². The fourth-order valence-electron chi connectivity index (χ4n) is 1.86. The molecule has 0 heterocycles. The maximum Gasteiger partial charge on any atom is 0.236 e. The second kappa shape index (κ2) is 7.89. The van der Waals surface area contributed by atoms with Gasteiger partial charge in [0, 0.05) is 12.6 Å². The molecule has 19 heavy (non-hydrogen) atoms. The van der Waals surface area contributed by atoms with Crippen molar-refractivity contribution in [2.24, 2.45) is 0 Å². The third-order valence-corrected chi connectivity index (χ3v) is 3.07. The minimum absolute atomic E-state index is 0.0169. The molecule has 0 aliphatic rings. The number of nitrogens with one attached hydrogen (secondary N) is 2. The number of hydrogen-bond acceptors (Lipinski definition) is 2. The summed E-state index contributed by atoms with van der Waals surface area (Å²) >= 11 is 0. The van der Waals surface area contributed by atoms with Gasteiger partial charge in [0.1, 0.15) is 5.82 Å². The van der Waals surface area contributed by atoms with Crippen molar-refractivity contribution >= 4 is 5.91 Å². The van der Waals surface area contributed by atoms with Crippen LogP contribution in [0.25, 0.3) is 0 Å². The standard InChI is InChI=1S/C15H23FN2O/c1-4-5-9-17-15(19)12(3)18-11(2)13-7-6-8-14(16)10-13/h6-8,10-12,18H,4-5,9H2,1-3H3,(H,17,19). The summed E-state index contributed by atoms with van der Waals surface area (Å²) in [4.78, 5) is 11.8. The van der Waals surface area contributed by atoms with E-state index in [1.165, 1.54) is 12.1 Å². The van der Waals surface area contributed by atoms with Gasteiger partial charge >= 0.3 is 0 Å². The number of halogens is 1. The molecule has 0 saturated heterocycles. The van der Waals surface area contributed by atoms with Gasteiger partial charge < -0.3 is 5.32 Å². The summed E-state index contributed by atoms with van der Waals surface area (Å²) in [5, 5.41) is 6.05. The summed E-state index contributed by atoms with van der Waals surface area (Å²) < 4.78 is 13.1. The maximum atomic E-state index is 13.1. The minimum atomic E-state index is -0.296. The molecular formula is C15H23FN2O. The van der Waals surface area contributed by atoms with Crippen molar-refractivity contribution in [1.29, 1.82) is 0 Å². The van der Waals surface area contributed by atoms with Crippen LogP contribution in [0.15, 0.2) is 24.3 Å². The van der Waals surface area contributed by atoms with Crippen LogP contribution in [0, 0.1) is 5.82 Å². The summed E-state index contributed by atoms with van der Waals surface area (Å²) in [5.74, 6) is -0.275. The Morgan fingerprint density at radius 2 is 2.11 bits per heavy atom. The second-order valence-electron chi connectivity index (χ2n) is 4.81. The highest BCUT2D eigenvalue weighted by molar-refractivity contribution is 5.81. The first-order chi connectivity index (χ1) is 9.04. The number of benzene rings is 1. The van der Waals surface area contributed by atoms with Crippen LogP contribution in [-0.2, 0) is 4.79 Å². The van der Waals surface area contributed by atoms with E-state index >= 15 is 0 Å². The van der Waals surface area contributed by atoms with Crippen LogP contribution in [0.5, 0.6) is 0 Å². The molecule has 1 amide bonds. The molecule has 1 aromatic carbocycles. The van der Waals surface area contributed by atoms with Gasteiger partial charge in [-0.2, -0.15) is 0 Å². The maximum absolute atomic E-state index is 13.1. The Balaban J connectivity index is 2.47. The smallest absolute Gasteiger partial charge is 0.236 e. The third kappa shape index (κ3) is 5.39. The Hall–Kier alpha value is -1.42. The van der Waals surface area contributed by atoms with Gasteiger partial charge in [-0.15, -0.1) is 0 Å². The predicted molar refractivity (Wildman–Crippen MR) is 75.3 cm³/mol. The first-order valence-electron chi connectivity index (χ1n) is 6.83. The van der Waals surface area contributed by atoms with Gasteiger partial charge in [0.15, 0.2) is 0 Å². The first kappa shape index (κ1) is 15.6. The lowest BCUT2D eigenvalue weighted by Crippen LogP contribution is -2.43. The van der Waals surface area contributed by atoms with Crippen LogP contribution in [0.4, 0.5) is 4.39 Å². The molecule has 0 bridgehead atoms. The van der Waals surface area contributed by atoms with E-state index in [0.29, 0.717) is 6.54 Å². The lowest BCUT2D eigenvalue weighted by molar-refractivity contribution is -0.122. The quantitative estimate of drug-likeness (QED) is 0.745. The molecule has 0 radical (unpaired) electrons. The summed E-state index contributed by atoms with van der Waals surface area (Å²) in [7, 11) is 0. The number of carbonyl (C=O) groups is 1. The van der Waals surface area contributed by atoms with Crippen molar-refractivity contribution in [3.05, 3.63) is 35.6 Å². The van der Waals surface area contributed by atoms with E-state index in [-0.39, 0.29) is 23.8 Å². The van der Waals surface area contributed by atoms with E-state index in [0.717, 1.165) is 18.4 Å². The van der Waals surface area contributed by atoms with Gasteiger partial charge in [-0.05, 0) is 38.0 Å². The fourth-order valence-corrected chi connectivity index (χ4v) is 1.86. The van der Waals surface area contributed by atoms with Crippen LogP contribution < -0.4 is 10.6 Å². The van der Waals surface area contributed by atoms with Gasteiger partial charge in [-0.25, -0.2) is 4.39 Å². The van der Waals surface area contributed by atoms with E-state index in [4.69, 9.17) is 0 Å². The van der Waals surface area contributed by atoms with Gasteiger partial charge in [-0.1, -0.05) is 25.5 Å². The van der Waals surface area contributed by atoms with Crippen molar-refractivity contribution in [3.63, 3.8) is 0 Å². The van der Waals surface area contributed by atoms with Crippen LogP contribution in [0.1, 0.15) is 45.2 Å². The van der Waals surface area contributed by atoms with E-state index < -0.39 is 0 Å². The van der Waals surface area contributed by atoms with E-state index in [1.54, 1.807) is 6.07 Å².